The third-order valence-corrected chi connectivity index (χ3v) is 18.8. The van der Waals surface area contributed by atoms with Crippen LogP contribution in [0.1, 0.15) is 211 Å². The minimum atomic E-state index is -2.04. The predicted octanol–water partition coefficient (Wildman–Crippen LogP) is 23.5. The van der Waals surface area contributed by atoms with Crippen LogP contribution < -0.4 is 4.74 Å². The second-order valence-corrected chi connectivity index (χ2v) is 34.3. The molecule has 1 aliphatic rings. The van der Waals surface area contributed by atoms with Crippen LogP contribution in [-0.2, 0) is 57.7 Å². The Balaban J connectivity index is 0.00000417. The average Bonchev–Trinajstić information content (AvgIpc) is 1.49. The van der Waals surface area contributed by atoms with Crippen molar-refractivity contribution in [1.82, 2.24) is 9.13 Å². The van der Waals surface area contributed by atoms with Gasteiger partial charge < -0.3 is 43.7 Å². The summed E-state index contributed by atoms with van der Waals surface area (Å²) in [6, 6.07) is 41.0. The Morgan fingerprint density at radius 3 is 1.38 bits per heavy atom. The number of fused-ring (bicyclic) bond motifs is 6. The second-order valence-electron chi connectivity index (χ2n) is 34.3. The van der Waals surface area contributed by atoms with Gasteiger partial charge in [-0.3, -0.25) is 0 Å². The van der Waals surface area contributed by atoms with Gasteiger partial charge in [0.05, 0.1) is 29.9 Å². The molecule has 0 aliphatic heterocycles. The largest absolute Gasteiger partial charge is 0.505 e. The fraction of sp³-hybridized carbons (Fsp3) is 0.435. The van der Waals surface area contributed by atoms with Gasteiger partial charge in [-0.05, 0) is 192 Å². The summed E-state index contributed by atoms with van der Waals surface area (Å²) in [5.41, 5.74) is 11.7. The van der Waals surface area contributed by atoms with Crippen molar-refractivity contribution in [2.45, 2.75) is 210 Å². The molecule has 2 aromatic heterocycles. The Bertz CT molecular complexity index is 4200. The van der Waals surface area contributed by atoms with Crippen LogP contribution in [0, 0.1) is 42.7 Å². The first-order valence-electron chi connectivity index (χ1n) is 33.0. The summed E-state index contributed by atoms with van der Waals surface area (Å²) >= 11 is 0. The fourth-order valence-electron chi connectivity index (χ4n) is 14.6. The number of halogens is 2. The maximum atomic E-state index is 16.1. The van der Waals surface area contributed by atoms with Crippen LogP contribution in [0.2, 0.25) is 0 Å². The van der Waals surface area contributed by atoms with Crippen LogP contribution in [0.5, 0.6) is 11.5 Å². The van der Waals surface area contributed by atoms with E-state index in [-0.39, 0.29) is 97.6 Å². The summed E-state index contributed by atoms with van der Waals surface area (Å²) in [6.45, 7) is 49.4. The fourth-order valence-corrected chi connectivity index (χ4v) is 14.6. The summed E-state index contributed by atoms with van der Waals surface area (Å²) in [5.74, 6) is -2.55. The number of aromatic hydroxyl groups is 1. The van der Waals surface area contributed by atoms with Gasteiger partial charge in [0.1, 0.15) is 29.2 Å². The maximum absolute atomic E-state index is 16.1. The SMILES string of the molecule is CC(C)(C)CC(C)(C)C1=CC(n2c3ccc(C(C)(C)C)cc3c3cc(C(C)(C)C)ccc32)C(O)(OCCCOc2ccc(F)cc2-c2cc(C(C)(C)CC(C)(C)C)cc(-n3c4ccc(C(C)(C)C)cc4c4cc(C(C)(C)C)ccc43)c2O)C(c2cccc(F)c2)=C1.[CH3-].[CH3-].[Hf]. The minimum Gasteiger partial charge on any atom is -0.505 e. The molecule has 2 atom stereocenters. The Morgan fingerprint density at radius 1 is 0.479 bits per heavy atom. The first-order chi connectivity index (χ1) is 41.9. The predicted molar refractivity (Wildman–Crippen MR) is 392 cm³/mol. The molecular weight excluding hydrogens is 1330 g/mol. The molecule has 0 radical (unpaired) electrons. The maximum Gasteiger partial charge on any atom is 0.218 e. The molecule has 9 heteroatoms. The van der Waals surface area contributed by atoms with Crippen molar-refractivity contribution in [3.63, 3.8) is 0 Å². The van der Waals surface area contributed by atoms with Gasteiger partial charge in [-0.1, -0.05) is 195 Å². The molecule has 0 spiro atoms. The van der Waals surface area contributed by atoms with Gasteiger partial charge in [-0.2, -0.15) is 0 Å². The van der Waals surface area contributed by atoms with Gasteiger partial charge >= 0.3 is 0 Å². The Kier molecular flexibility index (Phi) is 21.1. The Morgan fingerprint density at radius 2 is 0.926 bits per heavy atom. The number of hydrogen-bond donors (Lipinski definition) is 2. The van der Waals surface area contributed by atoms with Gasteiger partial charge in [-0.25, -0.2) is 8.78 Å². The van der Waals surface area contributed by atoms with E-state index in [1.807, 2.05) is 18.2 Å². The number of phenolic OH excluding ortho intramolecular Hbond substituents is 1. The van der Waals surface area contributed by atoms with E-state index in [0.717, 1.165) is 67.6 Å². The monoisotopic (exact) mass is 1440 g/mol. The molecule has 9 aromatic rings. The molecule has 2 heterocycles. The number of aromatic nitrogens is 2. The number of benzene rings is 7. The van der Waals surface area contributed by atoms with Crippen molar-refractivity contribution in [3.05, 3.63) is 205 Å². The van der Waals surface area contributed by atoms with Crippen LogP contribution in [0.3, 0.4) is 0 Å². The van der Waals surface area contributed by atoms with E-state index in [2.05, 4.69) is 246 Å². The van der Waals surface area contributed by atoms with E-state index >= 15 is 8.78 Å². The summed E-state index contributed by atoms with van der Waals surface area (Å²) in [6.07, 6.45) is 6.18. The van der Waals surface area contributed by atoms with E-state index in [4.69, 9.17) is 9.47 Å². The second kappa shape index (κ2) is 26.4. The molecule has 94 heavy (non-hydrogen) atoms. The molecule has 7 aromatic carbocycles. The van der Waals surface area contributed by atoms with Gasteiger partial charge in [0.25, 0.3) is 0 Å². The Hall–Kier alpha value is -6.13. The molecule has 0 amide bonds. The number of hydrogen-bond acceptors (Lipinski definition) is 4. The van der Waals surface area contributed by atoms with Crippen molar-refractivity contribution in [3.8, 4) is 28.3 Å². The third kappa shape index (κ3) is 15.2. The van der Waals surface area contributed by atoms with Crippen molar-refractivity contribution in [2.24, 2.45) is 16.2 Å². The van der Waals surface area contributed by atoms with Crippen molar-refractivity contribution in [1.29, 1.82) is 0 Å². The summed E-state index contributed by atoms with van der Waals surface area (Å²) in [4.78, 5) is 0. The van der Waals surface area contributed by atoms with Gasteiger partial charge in [-0.15, -0.1) is 0 Å². The van der Waals surface area contributed by atoms with Crippen LogP contribution in [-0.4, -0.2) is 38.3 Å². The van der Waals surface area contributed by atoms with Crippen molar-refractivity contribution < 1.29 is 54.3 Å². The average molecular weight is 1440 g/mol. The van der Waals surface area contributed by atoms with Crippen molar-refractivity contribution >= 4 is 49.2 Å². The van der Waals surface area contributed by atoms with E-state index < -0.39 is 28.9 Å². The molecule has 502 valence electrons. The Labute approximate surface area is 582 Å². The van der Waals surface area contributed by atoms with Gasteiger partial charge in [0.2, 0.25) is 5.79 Å². The third-order valence-electron chi connectivity index (χ3n) is 18.8. The van der Waals surface area contributed by atoms with Crippen LogP contribution in [0.25, 0.3) is 66.0 Å². The molecule has 0 saturated heterocycles. The standard InChI is InChI=1S/C83H102F2N2O4.2CH3.Hf/c1-75(2,3)49-81(19,20)56-44-65(74(88)71(46-56)86-67-32-27-52(77(7,8)9)40-60(67)61-41-53(78(10,11)12)28-33-68(61)86)64-48-59(85)31-36-72(64)90-37-24-38-91-83(89)66(51-25-23-26-58(84)39-51)45-57(82(21,22)50-76(4,5)6)47-73(83)87-69-34-29-54(79(13,14)15)42-62(69)63-43-55(80(16,17)18)30-35-70(63)87;;;/h23,25-36,39-48,73,88-89H,24,37-38,49-50H2,1-22H3;2*1H3;/q;2*-1;. The van der Waals surface area contributed by atoms with E-state index in [1.54, 1.807) is 12.1 Å². The first kappa shape index (κ1) is 75.3. The molecule has 2 N–H and O–H groups in total. The summed E-state index contributed by atoms with van der Waals surface area (Å²) < 4.78 is 50.2. The molecule has 2 unspecified atom stereocenters. The van der Waals surface area contributed by atoms with E-state index in [1.165, 1.54) is 46.5 Å². The van der Waals surface area contributed by atoms with Crippen molar-refractivity contribution in [2.75, 3.05) is 13.2 Å². The van der Waals surface area contributed by atoms with Crippen LogP contribution in [0.15, 0.2) is 145 Å². The van der Waals surface area contributed by atoms with Crippen LogP contribution in [0.4, 0.5) is 8.78 Å². The number of nitrogens with zero attached hydrogens (tertiary/aromatic N) is 2. The number of rotatable bonds is 14. The molecule has 0 saturated carbocycles. The minimum absolute atomic E-state index is 0. The molecular formula is C85H108F2HfN2O4-2. The number of phenols is 1. The van der Waals surface area contributed by atoms with E-state index in [9.17, 15) is 10.2 Å². The van der Waals surface area contributed by atoms with Gasteiger partial charge in [0, 0.05) is 81.5 Å². The first-order valence-corrected chi connectivity index (χ1v) is 33.0. The summed E-state index contributed by atoms with van der Waals surface area (Å²) in [5, 5.41) is 31.6. The number of allylic oxidation sites excluding steroid dienone is 2. The smallest absolute Gasteiger partial charge is 0.218 e. The number of ether oxygens (including phenoxy) is 2. The van der Waals surface area contributed by atoms with Crippen LogP contribution >= 0.6 is 0 Å². The molecule has 1 aliphatic carbocycles. The van der Waals surface area contributed by atoms with Gasteiger partial charge in [0.15, 0.2) is 0 Å². The zero-order chi connectivity index (χ0) is 66.7. The zero-order valence-corrected chi connectivity index (χ0v) is 64.8. The zero-order valence-electron chi connectivity index (χ0n) is 61.3. The molecule has 0 fully saturated rings. The topological polar surface area (TPSA) is 68.8 Å². The molecule has 0 bridgehead atoms. The molecule has 10 rings (SSSR count). The molecule has 6 nitrogen and oxygen atoms in total. The normalized spacial score (nSPS) is 16.2. The quantitative estimate of drug-likeness (QED) is 0.0493. The number of aliphatic hydroxyl groups is 1. The van der Waals surface area contributed by atoms with E-state index in [0.29, 0.717) is 40.1 Å². The summed E-state index contributed by atoms with van der Waals surface area (Å²) in [7, 11) is 0.